The molecule has 0 amide bonds. The van der Waals surface area contributed by atoms with Crippen LogP contribution in [-0.4, -0.2) is 35.5 Å². The Kier molecular flexibility index (Phi) is 4.62. The van der Waals surface area contributed by atoms with E-state index in [0.29, 0.717) is 25.0 Å². The lowest BCUT2D eigenvalue weighted by Gasteiger charge is -2.18. The van der Waals surface area contributed by atoms with Gasteiger partial charge >= 0.3 is 0 Å². The molecule has 0 fully saturated rings. The molecule has 0 saturated heterocycles. The van der Waals surface area contributed by atoms with E-state index in [9.17, 15) is 0 Å². The number of aromatic nitrogens is 2. The summed E-state index contributed by atoms with van der Waals surface area (Å²) in [6, 6.07) is 1.74. The largest absolute Gasteiger partial charge is 0.478 e. The van der Waals surface area contributed by atoms with Crippen molar-refractivity contribution in [1.29, 1.82) is 0 Å². The van der Waals surface area contributed by atoms with Gasteiger partial charge < -0.3 is 9.64 Å². The minimum absolute atomic E-state index is 0.0642. The van der Waals surface area contributed by atoms with E-state index in [0.717, 1.165) is 0 Å². The molecule has 0 aliphatic carbocycles. The van der Waals surface area contributed by atoms with Crippen molar-refractivity contribution in [1.82, 2.24) is 9.97 Å². The third-order valence-corrected chi connectivity index (χ3v) is 1.91. The minimum Gasteiger partial charge on any atom is -0.478 e. The maximum absolute atomic E-state index is 5.89. The highest BCUT2D eigenvalue weighted by Gasteiger charge is 2.08. The van der Waals surface area contributed by atoms with Crippen molar-refractivity contribution in [3.05, 3.63) is 12.3 Å². The van der Waals surface area contributed by atoms with Gasteiger partial charge in [0.15, 0.2) is 0 Å². The van der Waals surface area contributed by atoms with Crippen LogP contribution in [0.2, 0.25) is 0 Å². The molecule has 0 aliphatic heterocycles. The topological polar surface area (TPSA) is 38.2 Å². The van der Waals surface area contributed by atoms with Gasteiger partial charge in [0.1, 0.15) is 0 Å². The molecule has 5 heteroatoms. The number of ether oxygens (including phenoxy) is 1. The van der Waals surface area contributed by atoms with Crippen molar-refractivity contribution in [2.45, 2.75) is 19.2 Å². The minimum atomic E-state index is 0.0642. The summed E-state index contributed by atoms with van der Waals surface area (Å²) in [6.45, 7) is 5.17. The van der Waals surface area contributed by atoms with Gasteiger partial charge in [-0.25, -0.2) is 4.98 Å². The van der Waals surface area contributed by atoms with Crippen LogP contribution in [0.25, 0.3) is 0 Å². The zero-order chi connectivity index (χ0) is 11.3. The molecule has 1 aromatic rings. The summed E-state index contributed by atoms with van der Waals surface area (Å²) in [4.78, 5) is 10.3. The van der Waals surface area contributed by atoms with Gasteiger partial charge in [-0.15, -0.1) is 11.6 Å². The fraction of sp³-hybridized carbons (Fsp3) is 0.600. The fourth-order valence-corrected chi connectivity index (χ4v) is 1.41. The summed E-state index contributed by atoms with van der Waals surface area (Å²) in [5.41, 5.74) is 0. The summed E-state index contributed by atoms with van der Waals surface area (Å²) in [5.74, 6) is 1.23. The molecule has 0 spiro atoms. The standard InChI is InChI=1S/C10H16ClN3O/c1-4-15-9-5-6-12-10(13-9)14(3)7-8(2)11/h5-6,8H,4,7H2,1-3H3. The van der Waals surface area contributed by atoms with Crippen molar-refractivity contribution < 1.29 is 4.74 Å². The quantitative estimate of drug-likeness (QED) is 0.724. The first-order valence-corrected chi connectivity index (χ1v) is 5.38. The maximum atomic E-state index is 5.89. The summed E-state index contributed by atoms with van der Waals surface area (Å²) < 4.78 is 5.29. The molecular formula is C10H16ClN3O. The van der Waals surface area contributed by atoms with Crippen LogP contribution in [0.5, 0.6) is 5.88 Å². The second kappa shape index (κ2) is 5.75. The second-order valence-corrected chi connectivity index (χ2v) is 4.03. The summed E-state index contributed by atoms with van der Waals surface area (Å²) in [7, 11) is 1.91. The van der Waals surface area contributed by atoms with E-state index < -0.39 is 0 Å². The lowest BCUT2D eigenvalue weighted by Crippen LogP contribution is -2.26. The zero-order valence-electron chi connectivity index (χ0n) is 9.27. The lowest BCUT2D eigenvalue weighted by atomic mass is 10.4. The zero-order valence-corrected chi connectivity index (χ0v) is 10.0. The fourth-order valence-electron chi connectivity index (χ4n) is 1.20. The van der Waals surface area contributed by atoms with Gasteiger partial charge in [-0.1, -0.05) is 0 Å². The first-order valence-electron chi connectivity index (χ1n) is 4.94. The van der Waals surface area contributed by atoms with E-state index in [2.05, 4.69) is 9.97 Å². The van der Waals surface area contributed by atoms with E-state index in [1.807, 2.05) is 25.8 Å². The molecule has 4 nitrogen and oxygen atoms in total. The number of alkyl halides is 1. The summed E-state index contributed by atoms with van der Waals surface area (Å²) >= 11 is 5.89. The molecule has 0 aliphatic rings. The first kappa shape index (κ1) is 12.0. The van der Waals surface area contributed by atoms with E-state index >= 15 is 0 Å². The van der Waals surface area contributed by atoms with Crippen molar-refractivity contribution in [3.8, 4) is 5.88 Å². The normalized spacial score (nSPS) is 12.3. The van der Waals surface area contributed by atoms with Gasteiger partial charge in [0.05, 0.1) is 6.61 Å². The smallest absolute Gasteiger partial charge is 0.228 e. The van der Waals surface area contributed by atoms with Crippen LogP contribution in [0.3, 0.4) is 0 Å². The molecule has 0 aromatic carbocycles. The van der Waals surface area contributed by atoms with Crippen LogP contribution in [-0.2, 0) is 0 Å². The van der Waals surface area contributed by atoms with Crippen LogP contribution in [0.4, 0.5) is 5.95 Å². The molecule has 0 bridgehead atoms. The Morgan fingerprint density at radius 2 is 2.33 bits per heavy atom. The van der Waals surface area contributed by atoms with Crippen LogP contribution < -0.4 is 9.64 Å². The molecular weight excluding hydrogens is 214 g/mol. The van der Waals surface area contributed by atoms with E-state index in [1.165, 1.54) is 0 Å². The Balaban J connectivity index is 2.71. The predicted molar refractivity (Wildman–Crippen MR) is 61.8 cm³/mol. The predicted octanol–water partition coefficient (Wildman–Crippen LogP) is 1.94. The summed E-state index contributed by atoms with van der Waals surface area (Å²) in [6.07, 6.45) is 1.68. The monoisotopic (exact) mass is 229 g/mol. The van der Waals surface area contributed by atoms with Crippen LogP contribution in [0.1, 0.15) is 13.8 Å². The molecule has 1 heterocycles. The van der Waals surface area contributed by atoms with Gasteiger partial charge in [0.25, 0.3) is 0 Å². The molecule has 0 radical (unpaired) electrons. The molecule has 1 aromatic heterocycles. The van der Waals surface area contributed by atoms with Crippen molar-refractivity contribution in [2.75, 3.05) is 25.1 Å². The Morgan fingerprint density at radius 3 is 2.93 bits per heavy atom. The van der Waals surface area contributed by atoms with E-state index in [1.54, 1.807) is 12.3 Å². The second-order valence-electron chi connectivity index (χ2n) is 3.29. The SMILES string of the molecule is CCOc1ccnc(N(C)CC(C)Cl)n1. The molecule has 15 heavy (non-hydrogen) atoms. The third kappa shape index (κ3) is 3.91. The maximum Gasteiger partial charge on any atom is 0.228 e. The average Bonchev–Trinajstić information content (AvgIpc) is 2.17. The van der Waals surface area contributed by atoms with Gasteiger partial charge in [0, 0.05) is 31.2 Å². The Hall–Kier alpha value is -1.03. The van der Waals surface area contributed by atoms with Gasteiger partial charge in [-0.3, -0.25) is 0 Å². The highest BCUT2D eigenvalue weighted by molar-refractivity contribution is 6.20. The molecule has 1 atom stereocenters. The number of rotatable bonds is 5. The van der Waals surface area contributed by atoms with E-state index in [-0.39, 0.29) is 5.38 Å². The third-order valence-electron chi connectivity index (χ3n) is 1.78. The molecule has 84 valence electrons. The van der Waals surface area contributed by atoms with Gasteiger partial charge in [0.2, 0.25) is 11.8 Å². The first-order chi connectivity index (χ1) is 7.13. The summed E-state index contributed by atoms with van der Waals surface area (Å²) in [5, 5.41) is 0.0642. The van der Waals surface area contributed by atoms with E-state index in [4.69, 9.17) is 16.3 Å². The van der Waals surface area contributed by atoms with Crippen LogP contribution in [0, 0.1) is 0 Å². The molecule has 1 rings (SSSR count). The number of halogens is 1. The Labute approximate surface area is 95.2 Å². The highest BCUT2D eigenvalue weighted by Crippen LogP contribution is 2.12. The van der Waals surface area contributed by atoms with Crippen molar-refractivity contribution >= 4 is 17.5 Å². The Bertz CT molecular complexity index is 306. The number of hydrogen-bond acceptors (Lipinski definition) is 4. The number of hydrogen-bond donors (Lipinski definition) is 0. The number of anilines is 1. The Morgan fingerprint density at radius 1 is 1.60 bits per heavy atom. The molecule has 0 saturated carbocycles. The van der Waals surface area contributed by atoms with Crippen molar-refractivity contribution in [2.24, 2.45) is 0 Å². The van der Waals surface area contributed by atoms with Gasteiger partial charge in [-0.05, 0) is 13.8 Å². The van der Waals surface area contributed by atoms with Crippen LogP contribution >= 0.6 is 11.6 Å². The lowest BCUT2D eigenvalue weighted by molar-refractivity contribution is 0.326. The average molecular weight is 230 g/mol. The van der Waals surface area contributed by atoms with Crippen LogP contribution in [0.15, 0.2) is 12.3 Å². The molecule has 0 N–H and O–H groups in total. The number of nitrogens with zero attached hydrogens (tertiary/aromatic N) is 3. The van der Waals surface area contributed by atoms with Crippen molar-refractivity contribution in [3.63, 3.8) is 0 Å². The van der Waals surface area contributed by atoms with Gasteiger partial charge in [-0.2, -0.15) is 4.98 Å². The molecule has 1 unspecified atom stereocenters. The highest BCUT2D eigenvalue weighted by atomic mass is 35.5.